The van der Waals surface area contributed by atoms with Crippen molar-refractivity contribution in [2.24, 2.45) is 0 Å². The van der Waals surface area contributed by atoms with Crippen LogP contribution in [-0.4, -0.2) is 60.0 Å². The van der Waals surface area contributed by atoms with Gasteiger partial charge in [0.05, 0.1) is 19.0 Å². The predicted molar refractivity (Wildman–Crippen MR) is 100.0 cm³/mol. The van der Waals surface area contributed by atoms with Crippen LogP contribution in [0.15, 0.2) is 24.4 Å². The molecule has 2 heterocycles. The smallest absolute Gasteiger partial charge is 0.410 e. The number of fused-ring (bicyclic) bond motifs is 1. The first kappa shape index (κ1) is 18.1. The molecule has 0 bridgehead atoms. The average molecular weight is 359 g/mol. The van der Waals surface area contributed by atoms with E-state index in [-0.39, 0.29) is 12.0 Å². The lowest BCUT2D eigenvalue weighted by atomic mass is 10.1. The van der Waals surface area contributed by atoms with Gasteiger partial charge in [0.15, 0.2) is 0 Å². The normalized spacial score (nSPS) is 15.2. The maximum Gasteiger partial charge on any atom is 0.410 e. The number of aromatic nitrogens is 1. The molecule has 26 heavy (non-hydrogen) atoms. The molecule has 0 spiro atoms. The molecule has 140 valence electrons. The molecule has 0 atom stereocenters. The van der Waals surface area contributed by atoms with E-state index in [0.717, 1.165) is 16.8 Å². The van der Waals surface area contributed by atoms with Gasteiger partial charge < -0.3 is 24.4 Å². The quantitative estimate of drug-likeness (QED) is 0.888. The zero-order valence-electron chi connectivity index (χ0n) is 15.7. The van der Waals surface area contributed by atoms with Crippen LogP contribution in [0.5, 0.6) is 11.6 Å². The highest BCUT2D eigenvalue weighted by atomic mass is 16.6. The van der Waals surface area contributed by atoms with Crippen molar-refractivity contribution < 1.29 is 19.4 Å². The molecule has 1 amide bonds. The third-order valence-corrected chi connectivity index (χ3v) is 4.32. The van der Waals surface area contributed by atoms with Crippen molar-refractivity contribution in [2.75, 3.05) is 38.2 Å². The number of hydrogen-bond acceptors (Lipinski definition) is 6. The van der Waals surface area contributed by atoms with Crippen LogP contribution in [0.4, 0.5) is 10.5 Å². The SMILES string of the molecule is COc1ccc2c(O)ncc(N3CCN(C(=O)OC(C)(C)C)CC3)c2c1. The second-order valence-electron chi connectivity index (χ2n) is 7.33. The van der Waals surface area contributed by atoms with Crippen molar-refractivity contribution in [3.05, 3.63) is 24.4 Å². The van der Waals surface area contributed by atoms with Crippen LogP contribution in [0, 0.1) is 0 Å². The van der Waals surface area contributed by atoms with Gasteiger partial charge in [-0.15, -0.1) is 0 Å². The summed E-state index contributed by atoms with van der Waals surface area (Å²) in [5.41, 5.74) is 0.419. The lowest BCUT2D eigenvalue weighted by Gasteiger charge is -2.37. The van der Waals surface area contributed by atoms with E-state index in [1.54, 1.807) is 30.3 Å². The molecule has 0 radical (unpaired) electrons. The molecule has 0 aliphatic carbocycles. The van der Waals surface area contributed by atoms with Gasteiger partial charge in [-0.25, -0.2) is 9.78 Å². The van der Waals surface area contributed by atoms with E-state index in [1.165, 1.54) is 0 Å². The predicted octanol–water partition coefficient (Wildman–Crippen LogP) is 3.01. The summed E-state index contributed by atoms with van der Waals surface area (Å²) in [6, 6.07) is 5.50. The summed E-state index contributed by atoms with van der Waals surface area (Å²) in [6.07, 6.45) is 1.38. The number of piperazine rings is 1. The van der Waals surface area contributed by atoms with Crippen LogP contribution >= 0.6 is 0 Å². The molecule has 7 heteroatoms. The standard InChI is InChI=1S/C19H25N3O4/c1-19(2,3)26-18(24)22-9-7-21(8-10-22)16-12-20-17(23)14-6-5-13(25-4)11-15(14)16/h5-6,11-12H,7-10H2,1-4H3,(H,20,23). The maximum atomic E-state index is 12.2. The summed E-state index contributed by atoms with van der Waals surface area (Å²) in [6.45, 7) is 8.06. The number of anilines is 1. The first-order chi connectivity index (χ1) is 12.3. The van der Waals surface area contributed by atoms with Gasteiger partial charge in [-0.05, 0) is 39.0 Å². The summed E-state index contributed by atoms with van der Waals surface area (Å²) in [4.78, 5) is 20.2. The fourth-order valence-corrected chi connectivity index (χ4v) is 3.03. The Morgan fingerprint density at radius 3 is 2.46 bits per heavy atom. The molecule has 7 nitrogen and oxygen atoms in total. The maximum absolute atomic E-state index is 12.2. The zero-order valence-corrected chi connectivity index (χ0v) is 15.7. The summed E-state index contributed by atoms with van der Waals surface area (Å²) in [7, 11) is 1.61. The van der Waals surface area contributed by atoms with Crippen molar-refractivity contribution in [2.45, 2.75) is 26.4 Å². The van der Waals surface area contributed by atoms with Crippen LogP contribution in [0.3, 0.4) is 0 Å². The summed E-state index contributed by atoms with van der Waals surface area (Å²) < 4.78 is 10.8. The summed E-state index contributed by atoms with van der Waals surface area (Å²) in [5.74, 6) is 0.718. The van der Waals surface area contributed by atoms with E-state index in [2.05, 4.69) is 9.88 Å². The zero-order chi connectivity index (χ0) is 18.9. The number of rotatable bonds is 2. The highest BCUT2D eigenvalue weighted by Gasteiger charge is 2.26. The number of nitrogens with zero attached hydrogens (tertiary/aromatic N) is 3. The van der Waals surface area contributed by atoms with E-state index in [1.807, 2.05) is 26.8 Å². The number of benzene rings is 1. The summed E-state index contributed by atoms with van der Waals surface area (Å²) in [5, 5.41) is 11.6. The highest BCUT2D eigenvalue weighted by Crippen LogP contribution is 2.34. The Morgan fingerprint density at radius 1 is 1.15 bits per heavy atom. The molecular formula is C19H25N3O4. The molecule has 1 aromatic heterocycles. The minimum Gasteiger partial charge on any atom is -0.497 e. The van der Waals surface area contributed by atoms with Crippen LogP contribution < -0.4 is 9.64 Å². The third kappa shape index (κ3) is 3.76. The van der Waals surface area contributed by atoms with E-state index in [4.69, 9.17) is 9.47 Å². The molecule has 2 aromatic rings. The van der Waals surface area contributed by atoms with E-state index in [9.17, 15) is 9.90 Å². The van der Waals surface area contributed by atoms with Gasteiger partial charge >= 0.3 is 6.09 Å². The number of hydrogen-bond donors (Lipinski definition) is 1. The molecule has 3 rings (SSSR count). The monoisotopic (exact) mass is 359 g/mol. The van der Waals surface area contributed by atoms with Crippen molar-refractivity contribution in [3.8, 4) is 11.6 Å². The molecule has 1 saturated heterocycles. The minimum atomic E-state index is -0.498. The lowest BCUT2D eigenvalue weighted by molar-refractivity contribution is 0.0240. The minimum absolute atomic E-state index is 0.00112. The Morgan fingerprint density at radius 2 is 1.85 bits per heavy atom. The Labute approximate surface area is 153 Å². The van der Waals surface area contributed by atoms with Gasteiger partial charge in [0.1, 0.15) is 11.4 Å². The van der Waals surface area contributed by atoms with Crippen molar-refractivity contribution in [1.82, 2.24) is 9.88 Å². The van der Waals surface area contributed by atoms with Gasteiger partial charge in [0.25, 0.3) is 0 Å². The number of ether oxygens (including phenoxy) is 2. The second kappa shape index (κ2) is 6.90. The van der Waals surface area contributed by atoms with Crippen LogP contribution in [-0.2, 0) is 4.74 Å². The Hall–Kier alpha value is -2.70. The van der Waals surface area contributed by atoms with E-state index >= 15 is 0 Å². The summed E-state index contributed by atoms with van der Waals surface area (Å²) >= 11 is 0. The molecule has 1 aromatic carbocycles. The Kier molecular flexibility index (Phi) is 4.80. The second-order valence-corrected chi connectivity index (χ2v) is 7.33. The first-order valence-electron chi connectivity index (χ1n) is 8.67. The van der Waals surface area contributed by atoms with Crippen LogP contribution in [0.2, 0.25) is 0 Å². The van der Waals surface area contributed by atoms with E-state index in [0.29, 0.717) is 31.6 Å². The largest absolute Gasteiger partial charge is 0.497 e. The van der Waals surface area contributed by atoms with Crippen LogP contribution in [0.25, 0.3) is 10.8 Å². The fourth-order valence-electron chi connectivity index (χ4n) is 3.03. The number of pyridine rings is 1. The third-order valence-electron chi connectivity index (χ3n) is 4.32. The first-order valence-corrected chi connectivity index (χ1v) is 8.67. The van der Waals surface area contributed by atoms with Crippen LogP contribution in [0.1, 0.15) is 20.8 Å². The molecule has 1 aliphatic heterocycles. The van der Waals surface area contributed by atoms with Gasteiger partial charge in [-0.2, -0.15) is 0 Å². The number of methoxy groups -OCH3 is 1. The highest BCUT2D eigenvalue weighted by molar-refractivity contribution is 5.97. The molecular weight excluding hydrogens is 334 g/mol. The molecule has 1 fully saturated rings. The van der Waals surface area contributed by atoms with Gasteiger partial charge in [-0.3, -0.25) is 0 Å². The number of aromatic hydroxyl groups is 1. The van der Waals surface area contributed by atoms with Crippen molar-refractivity contribution in [3.63, 3.8) is 0 Å². The molecule has 1 aliphatic rings. The van der Waals surface area contributed by atoms with Gasteiger partial charge in [0, 0.05) is 37.0 Å². The average Bonchev–Trinajstić information content (AvgIpc) is 2.60. The molecule has 0 saturated carbocycles. The number of carbonyl (C=O) groups excluding carboxylic acids is 1. The van der Waals surface area contributed by atoms with Gasteiger partial charge in [-0.1, -0.05) is 0 Å². The van der Waals surface area contributed by atoms with Gasteiger partial charge in [0.2, 0.25) is 5.88 Å². The molecule has 1 N–H and O–H groups in total. The number of amides is 1. The Balaban J connectivity index is 1.79. The number of carbonyl (C=O) groups is 1. The van der Waals surface area contributed by atoms with E-state index < -0.39 is 5.60 Å². The fraction of sp³-hybridized carbons (Fsp3) is 0.474. The Bertz CT molecular complexity index is 808. The lowest BCUT2D eigenvalue weighted by Crippen LogP contribution is -2.50. The topological polar surface area (TPSA) is 75.1 Å². The molecule has 0 unspecified atom stereocenters. The van der Waals surface area contributed by atoms with Crippen molar-refractivity contribution >= 4 is 22.6 Å². The van der Waals surface area contributed by atoms with Crippen molar-refractivity contribution in [1.29, 1.82) is 0 Å².